The summed E-state index contributed by atoms with van der Waals surface area (Å²) in [5.74, 6) is -1.00. The average molecular weight is 230 g/mol. The highest BCUT2D eigenvalue weighted by Crippen LogP contribution is 2.32. The summed E-state index contributed by atoms with van der Waals surface area (Å²) in [6, 6.07) is -1.15. The number of rotatable bonds is 7. The number of nitrogens with one attached hydrogen (secondary N) is 1. The number of carbonyl (C=O) groups is 2. The van der Waals surface area contributed by atoms with Crippen molar-refractivity contribution in [3.05, 3.63) is 0 Å². The zero-order valence-corrected chi connectivity index (χ0v) is 9.31. The highest BCUT2D eigenvalue weighted by molar-refractivity contribution is 5.83. The molecule has 0 radical (unpaired) electrons. The van der Waals surface area contributed by atoms with E-state index in [1.165, 1.54) is 7.11 Å². The molecule has 0 aromatic heterocycles. The number of ether oxygens (including phenoxy) is 1. The SMILES string of the molecule is COCC(NC(=O)CC(N)C1CC1)C(=O)O. The van der Waals surface area contributed by atoms with E-state index in [0.29, 0.717) is 5.92 Å². The predicted molar refractivity (Wildman–Crippen MR) is 56.8 cm³/mol. The zero-order valence-electron chi connectivity index (χ0n) is 9.31. The molecule has 0 aromatic rings. The molecule has 4 N–H and O–H groups in total. The molecule has 16 heavy (non-hydrogen) atoms. The minimum Gasteiger partial charge on any atom is -0.480 e. The number of hydrogen-bond donors (Lipinski definition) is 3. The molecule has 1 aliphatic rings. The number of nitrogens with two attached hydrogens (primary N) is 1. The van der Waals surface area contributed by atoms with Crippen LogP contribution >= 0.6 is 0 Å². The van der Waals surface area contributed by atoms with Gasteiger partial charge < -0.3 is 20.9 Å². The first-order chi connectivity index (χ1) is 7.54. The van der Waals surface area contributed by atoms with Crippen molar-refractivity contribution >= 4 is 11.9 Å². The van der Waals surface area contributed by atoms with E-state index in [2.05, 4.69) is 5.32 Å². The molecule has 0 aliphatic heterocycles. The van der Waals surface area contributed by atoms with Crippen molar-refractivity contribution in [2.24, 2.45) is 11.7 Å². The van der Waals surface area contributed by atoms with Crippen LogP contribution in [0.2, 0.25) is 0 Å². The van der Waals surface area contributed by atoms with Crippen molar-refractivity contribution in [2.45, 2.75) is 31.3 Å². The highest BCUT2D eigenvalue weighted by atomic mass is 16.5. The summed E-state index contributed by atoms with van der Waals surface area (Å²) in [7, 11) is 1.39. The molecule has 0 saturated heterocycles. The molecule has 1 rings (SSSR count). The Bertz CT molecular complexity index is 266. The summed E-state index contributed by atoms with van der Waals surface area (Å²) < 4.78 is 4.70. The molecule has 1 fully saturated rings. The fourth-order valence-electron chi connectivity index (χ4n) is 1.50. The van der Waals surface area contributed by atoms with E-state index in [4.69, 9.17) is 15.6 Å². The molecule has 92 valence electrons. The standard InChI is InChI=1S/C10H18N2O4/c1-16-5-8(10(14)15)12-9(13)4-7(11)6-2-3-6/h6-8H,2-5,11H2,1H3,(H,12,13)(H,14,15). The van der Waals surface area contributed by atoms with Crippen LogP contribution < -0.4 is 11.1 Å². The second-order valence-corrected chi connectivity index (χ2v) is 4.12. The van der Waals surface area contributed by atoms with Gasteiger partial charge >= 0.3 is 5.97 Å². The van der Waals surface area contributed by atoms with Gasteiger partial charge in [0.15, 0.2) is 6.04 Å². The van der Waals surface area contributed by atoms with Crippen molar-refractivity contribution in [2.75, 3.05) is 13.7 Å². The van der Waals surface area contributed by atoms with Crippen molar-refractivity contribution < 1.29 is 19.4 Å². The van der Waals surface area contributed by atoms with Crippen molar-refractivity contribution in [3.8, 4) is 0 Å². The topological polar surface area (TPSA) is 102 Å². The first-order valence-electron chi connectivity index (χ1n) is 5.31. The van der Waals surface area contributed by atoms with E-state index in [-0.39, 0.29) is 25.0 Å². The number of carboxylic acids is 1. The second kappa shape index (κ2) is 5.81. The average Bonchev–Trinajstić information content (AvgIpc) is 2.99. The fraction of sp³-hybridized carbons (Fsp3) is 0.800. The lowest BCUT2D eigenvalue weighted by Crippen LogP contribution is -2.45. The van der Waals surface area contributed by atoms with Gasteiger partial charge in [0.05, 0.1) is 6.61 Å². The van der Waals surface area contributed by atoms with Gasteiger partial charge in [-0.25, -0.2) is 4.79 Å². The van der Waals surface area contributed by atoms with Gasteiger partial charge in [0.2, 0.25) is 5.91 Å². The van der Waals surface area contributed by atoms with Gasteiger partial charge in [-0.05, 0) is 18.8 Å². The molecule has 0 aromatic carbocycles. The molecular weight excluding hydrogens is 212 g/mol. The lowest BCUT2D eigenvalue weighted by atomic mass is 10.1. The van der Waals surface area contributed by atoms with Gasteiger partial charge in [-0.2, -0.15) is 0 Å². The molecule has 2 atom stereocenters. The third kappa shape index (κ3) is 4.16. The number of carboxylic acid groups (broad SMARTS) is 1. The first kappa shape index (κ1) is 12.9. The summed E-state index contributed by atoms with van der Waals surface area (Å²) in [6.07, 6.45) is 2.31. The van der Waals surface area contributed by atoms with E-state index in [1.54, 1.807) is 0 Å². The summed E-state index contributed by atoms with van der Waals surface area (Å²) in [5.41, 5.74) is 5.77. The molecular formula is C10H18N2O4. The quantitative estimate of drug-likeness (QED) is 0.538. The first-order valence-corrected chi connectivity index (χ1v) is 5.31. The highest BCUT2D eigenvalue weighted by Gasteiger charge is 2.30. The van der Waals surface area contributed by atoms with Crippen LogP contribution in [0, 0.1) is 5.92 Å². The summed E-state index contributed by atoms with van der Waals surface area (Å²) in [6.45, 7) is -0.0419. The number of methoxy groups -OCH3 is 1. The molecule has 2 unspecified atom stereocenters. The Labute approximate surface area is 94.1 Å². The smallest absolute Gasteiger partial charge is 0.328 e. The Hall–Kier alpha value is -1.14. The van der Waals surface area contributed by atoms with E-state index in [0.717, 1.165) is 12.8 Å². The van der Waals surface area contributed by atoms with Crippen LogP contribution in [0.4, 0.5) is 0 Å². The zero-order chi connectivity index (χ0) is 12.1. The molecule has 1 saturated carbocycles. The van der Waals surface area contributed by atoms with Crippen LogP contribution in [0.25, 0.3) is 0 Å². The normalized spacial score (nSPS) is 18.9. The molecule has 0 spiro atoms. The number of aliphatic carboxylic acids is 1. The van der Waals surface area contributed by atoms with Crippen LogP contribution in [0.5, 0.6) is 0 Å². The Kier molecular flexibility index (Phi) is 4.70. The van der Waals surface area contributed by atoms with Crippen molar-refractivity contribution in [1.82, 2.24) is 5.32 Å². The van der Waals surface area contributed by atoms with E-state index in [1.807, 2.05) is 0 Å². The van der Waals surface area contributed by atoms with E-state index >= 15 is 0 Å². The summed E-state index contributed by atoms with van der Waals surface area (Å²) >= 11 is 0. The largest absolute Gasteiger partial charge is 0.480 e. The maximum absolute atomic E-state index is 11.5. The number of carbonyl (C=O) groups excluding carboxylic acids is 1. The van der Waals surface area contributed by atoms with Gasteiger partial charge in [0.25, 0.3) is 0 Å². The van der Waals surface area contributed by atoms with Gasteiger partial charge in [0, 0.05) is 19.6 Å². The Morgan fingerprint density at radius 1 is 1.56 bits per heavy atom. The molecule has 1 aliphatic carbocycles. The van der Waals surface area contributed by atoms with Crippen LogP contribution in [0.3, 0.4) is 0 Å². The van der Waals surface area contributed by atoms with E-state index < -0.39 is 12.0 Å². The lowest BCUT2D eigenvalue weighted by molar-refractivity contribution is -0.143. The Balaban J connectivity index is 2.32. The van der Waals surface area contributed by atoms with Crippen LogP contribution in [-0.2, 0) is 14.3 Å². The predicted octanol–water partition coefficient (Wildman–Crippen LogP) is -0.670. The number of hydrogen-bond acceptors (Lipinski definition) is 4. The second-order valence-electron chi connectivity index (χ2n) is 4.12. The third-order valence-electron chi connectivity index (χ3n) is 2.62. The van der Waals surface area contributed by atoms with Crippen LogP contribution in [0.1, 0.15) is 19.3 Å². The maximum Gasteiger partial charge on any atom is 0.328 e. The van der Waals surface area contributed by atoms with Crippen molar-refractivity contribution in [1.29, 1.82) is 0 Å². The van der Waals surface area contributed by atoms with Crippen LogP contribution in [-0.4, -0.2) is 42.8 Å². The molecule has 0 heterocycles. The molecule has 0 bridgehead atoms. The van der Waals surface area contributed by atoms with Crippen molar-refractivity contribution in [3.63, 3.8) is 0 Å². The van der Waals surface area contributed by atoms with Gasteiger partial charge in [-0.1, -0.05) is 0 Å². The lowest BCUT2D eigenvalue weighted by Gasteiger charge is -2.15. The molecule has 6 nitrogen and oxygen atoms in total. The van der Waals surface area contributed by atoms with Gasteiger partial charge in [0.1, 0.15) is 0 Å². The maximum atomic E-state index is 11.5. The Morgan fingerprint density at radius 3 is 2.62 bits per heavy atom. The van der Waals surface area contributed by atoms with Crippen LogP contribution in [0.15, 0.2) is 0 Å². The van der Waals surface area contributed by atoms with Gasteiger partial charge in [-0.15, -0.1) is 0 Å². The summed E-state index contributed by atoms with van der Waals surface area (Å²) in [5, 5.41) is 11.2. The Morgan fingerprint density at radius 2 is 2.19 bits per heavy atom. The molecule has 6 heteroatoms. The molecule has 1 amide bonds. The minimum atomic E-state index is -1.10. The number of amides is 1. The fourth-order valence-corrected chi connectivity index (χ4v) is 1.50. The summed E-state index contributed by atoms with van der Waals surface area (Å²) in [4.78, 5) is 22.2. The monoisotopic (exact) mass is 230 g/mol. The van der Waals surface area contributed by atoms with E-state index in [9.17, 15) is 9.59 Å². The van der Waals surface area contributed by atoms with Gasteiger partial charge in [-0.3, -0.25) is 4.79 Å². The minimum absolute atomic E-state index is 0.0419. The third-order valence-corrected chi connectivity index (χ3v) is 2.62.